The number of para-hydroxylation sites is 1. The molecule has 4 heteroatoms. The molecule has 19 heavy (non-hydrogen) atoms. The summed E-state index contributed by atoms with van der Waals surface area (Å²) < 4.78 is 0. The Kier molecular flexibility index (Phi) is 2.91. The predicted molar refractivity (Wildman–Crippen MR) is 78.3 cm³/mol. The van der Waals surface area contributed by atoms with Crippen molar-refractivity contribution < 1.29 is 4.79 Å². The molecular formula is C15H13ClN2O. The lowest BCUT2D eigenvalue weighted by Gasteiger charge is -2.35. The molecular weight excluding hydrogens is 260 g/mol. The lowest BCUT2D eigenvalue weighted by Crippen LogP contribution is -2.41. The molecule has 0 spiro atoms. The van der Waals surface area contributed by atoms with Crippen LogP contribution in [-0.2, 0) is 4.79 Å². The number of carbonyl (C=O) groups excluding carboxylic acids is 1. The molecule has 3 nitrogen and oxygen atoms in total. The van der Waals surface area contributed by atoms with Gasteiger partial charge in [0.2, 0.25) is 5.91 Å². The van der Waals surface area contributed by atoms with Gasteiger partial charge in [0.15, 0.2) is 0 Å². The number of fused-ring (bicyclic) bond motifs is 1. The summed E-state index contributed by atoms with van der Waals surface area (Å²) in [5.74, 6) is 0.0682. The number of carbonyl (C=O) groups is 1. The summed E-state index contributed by atoms with van der Waals surface area (Å²) in [5.41, 5.74) is 2.83. The lowest BCUT2D eigenvalue weighted by molar-refractivity contribution is -0.117. The summed E-state index contributed by atoms with van der Waals surface area (Å²) in [6.07, 6.45) is 0. The second kappa shape index (κ2) is 4.59. The van der Waals surface area contributed by atoms with Gasteiger partial charge in [0.1, 0.15) is 6.54 Å². The van der Waals surface area contributed by atoms with E-state index in [0.717, 1.165) is 17.1 Å². The summed E-state index contributed by atoms with van der Waals surface area (Å²) in [7, 11) is 1.79. The number of likely N-dealkylation sites (N-methyl/N-ethyl adjacent to an activating group) is 1. The van der Waals surface area contributed by atoms with Crippen LogP contribution in [0.15, 0.2) is 48.5 Å². The zero-order valence-corrected chi connectivity index (χ0v) is 11.3. The van der Waals surface area contributed by atoms with E-state index in [-0.39, 0.29) is 5.91 Å². The third-order valence-corrected chi connectivity index (χ3v) is 3.56. The van der Waals surface area contributed by atoms with Gasteiger partial charge in [0.25, 0.3) is 0 Å². The minimum Gasteiger partial charge on any atom is -0.330 e. The molecule has 0 fully saturated rings. The third kappa shape index (κ3) is 2.06. The highest BCUT2D eigenvalue weighted by molar-refractivity contribution is 6.31. The van der Waals surface area contributed by atoms with Crippen molar-refractivity contribution in [3.8, 4) is 0 Å². The fourth-order valence-electron chi connectivity index (χ4n) is 2.30. The molecule has 0 radical (unpaired) electrons. The van der Waals surface area contributed by atoms with Crippen molar-refractivity contribution in [3.05, 3.63) is 53.6 Å². The number of halogens is 1. The summed E-state index contributed by atoms with van der Waals surface area (Å²) in [5, 5.41) is 0.669. The Morgan fingerprint density at radius 3 is 2.53 bits per heavy atom. The largest absolute Gasteiger partial charge is 0.330 e. The molecule has 96 valence electrons. The van der Waals surface area contributed by atoms with E-state index in [4.69, 9.17) is 11.6 Å². The molecule has 0 saturated carbocycles. The average molecular weight is 273 g/mol. The average Bonchev–Trinajstić information content (AvgIpc) is 2.43. The topological polar surface area (TPSA) is 23.6 Å². The van der Waals surface area contributed by atoms with Gasteiger partial charge in [0.05, 0.1) is 11.4 Å². The Hall–Kier alpha value is -2.00. The smallest absolute Gasteiger partial charge is 0.246 e. The van der Waals surface area contributed by atoms with Gasteiger partial charge in [-0.05, 0) is 30.3 Å². The molecule has 1 heterocycles. The van der Waals surface area contributed by atoms with Gasteiger partial charge in [-0.15, -0.1) is 0 Å². The van der Waals surface area contributed by atoms with E-state index >= 15 is 0 Å². The number of hydrogen-bond donors (Lipinski definition) is 0. The van der Waals surface area contributed by atoms with Gasteiger partial charge in [0, 0.05) is 17.8 Å². The minimum absolute atomic E-state index is 0.0682. The van der Waals surface area contributed by atoms with Crippen molar-refractivity contribution in [3.63, 3.8) is 0 Å². The SMILES string of the molecule is CN1C(=O)CN(c2ccccc2)c2cc(Cl)ccc21. The quantitative estimate of drug-likeness (QED) is 0.794. The van der Waals surface area contributed by atoms with Gasteiger partial charge in [-0.2, -0.15) is 0 Å². The van der Waals surface area contributed by atoms with Crippen LogP contribution in [0.4, 0.5) is 17.1 Å². The zero-order valence-electron chi connectivity index (χ0n) is 10.5. The fraction of sp³-hybridized carbons (Fsp3) is 0.133. The first-order chi connectivity index (χ1) is 9.16. The maximum atomic E-state index is 12.1. The third-order valence-electron chi connectivity index (χ3n) is 3.32. The van der Waals surface area contributed by atoms with Crippen LogP contribution in [-0.4, -0.2) is 19.5 Å². The standard InChI is InChI=1S/C15H13ClN2O/c1-17-13-8-7-11(16)9-14(13)18(10-15(17)19)12-5-3-2-4-6-12/h2-9H,10H2,1H3. The van der Waals surface area contributed by atoms with Crippen LogP contribution < -0.4 is 9.80 Å². The van der Waals surface area contributed by atoms with Crippen LogP contribution in [0.5, 0.6) is 0 Å². The second-order valence-electron chi connectivity index (χ2n) is 4.51. The number of amides is 1. The molecule has 0 aromatic heterocycles. The lowest BCUT2D eigenvalue weighted by atomic mass is 10.1. The molecule has 0 aliphatic carbocycles. The molecule has 2 aromatic carbocycles. The number of hydrogen-bond acceptors (Lipinski definition) is 2. The van der Waals surface area contributed by atoms with Gasteiger partial charge in [-0.1, -0.05) is 29.8 Å². The molecule has 0 bridgehead atoms. The van der Waals surface area contributed by atoms with Gasteiger partial charge < -0.3 is 9.80 Å². The molecule has 0 atom stereocenters. The first kappa shape index (κ1) is 12.1. The van der Waals surface area contributed by atoms with Crippen LogP contribution in [0, 0.1) is 0 Å². The van der Waals surface area contributed by atoms with Crippen molar-refractivity contribution in [2.75, 3.05) is 23.4 Å². The first-order valence-corrected chi connectivity index (χ1v) is 6.43. The maximum Gasteiger partial charge on any atom is 0.246 e. The van der Waals surface area contributed by atoms with Crippen LogP contribution in [0.25, 0.3) is 0 Å². The normalized spacial score (nSPS) is 14.5. The van der Waals surface area contributed by atoms with Crippen molar-refractivity contribution in [2.45, 2.75) is 0 Å². The van der Waals surface area contributed by atoms with E-state index in [1.54, 1.807) is 18.0 Å². The van der Waals surface area contributed by atoms with E-state index in [1.165, 1.54) is 0 Å². The van der Waals surface area contributed by atoms with E-state index in [1.807, 2.05) is 47.4 Å². The monoisotopic (exact) mass is 272 g/mol. The van der Waals surface area contributed by atoms with Crippen LogP contribution in [0.2, 0.25) is 5.02 Å². The summed E-state index contributed by atoms with van der Waals surface area (Å²) in [6.45, 7) is 0.327. The fourth-order valence-corrected chi connectivity index (χ4v) is 2.46. The summed E-state index contributed by atoms with van der Waals surface area (Å²) >= 11 is 6.08. The Morgan fingerprint density at radius 2 is 1.79 bits per heavy atom. The second-order valence-corrected chi connectivity index (χ2v) is 4.94. The first-order valence-electron chi connectivity index (χ1n) is 6.05. The van der Waals surface area contributed by atoms with Crippen molar-refractivity contribution in [1.82, 2.24) is 0 Å². The minimum atomic E-state index is 0.0682. The highest BCUT2D eigenvalue weighted by Crippen LogP contribution is 2.38. The predicted octanol–water partition coefficient (Wildman–Crippen LogP) is 3.45. The molecule has 0 unspecified atom stereocenters. The number of rotatable bonds is 1. The Balaban J connectivity index is 2.15. The van der Waals surface area contributed by atoms with Crippen LogP contribution in [0.1, 0.15) is 0 Å². The Bertz CT molecular complexity index is 627. The zero-order chi connectivity index (χ0) is 13.4. The molecule has 0 saturated heterocycles. The maximum absolute atomic E-state index is 12.1. The summed E-state index contributed by atoms with van der Waals surface area (Å²) in [4.78, 5) is 15.7. The van der Waals surface area contributed by atoms with E-state index in [0.29, 0.717) is 11.6 Å². The number of benzene rings is 2. The Labute approximate surface area is 117 Å². The van der Waals surface area contributed by atoms with E-state index < -0.39 is 0 Å². The summed E-state index contributed by atoms with van der Waals surface area (Å²) in [6, 6.07) is 15.4. The highest BCUT2D eigenvalue weighted by atomic mass is 35.5. The number of nitrogens with zero attached hydrogens (tertiary/aromatic N) is 2. The van der Waals surface area contributed by atoms with Crippen LogP contribution in [0.3, 0.4) is 0 Å². The van der Waals surface area contributed by atoms with E-state index in [9.17, 15) is 4.79 Å². The molecule has 0 N–H and O–H groups in total. The van der Waals surface area contributed by atoms with E-state index in [2.05, 4.69) is 0 Å². The van der Waals surface area contributed by atoms with Crippen molar-refractivity contribution in [2.24, 2.45) is 0 Å². The van der Waals surface area contributed by atoms with Gasteiger partial charge in [-0.3, -0.25) is 4.79 Å². The van der Waals surface area contributed by atoms with Gasteiger partial charge >= 0.3 is 0 Å². The highest BCUT2D eigenvalue weighted by Gasteiger charge is 2.27. The molecule has 1 aliphatic rings. The van der Waals surface area contributed by atoms with Crippen LogP contribution >= 0.6 is 11.6 Å². The Morgan fingerprint density at radius 1 is 1.05 bits per heavy atom. The molecule has 1 amide bonds. The molecule has 1 aliphatic heterocycles. The van der Waals surface area contributed by atoms with Crippen molar-refractivity contribution >= 4 is 34.6 Å². The molecule has 2 aromatic rings. The van der Waals surface area contributed by atoms with Crippen molar-refractivity contribution in [1.29, 1.82) is 0 Å². The number of anilines is 3. The molecule has 3 rings (SSSR count). The van der Waals surface area contributed by atoms with Gasteiger partial charge in [-0.25, -0.2) is 0 Å².